The summed E-state index contributed by atoms with van der Waals surface area (Å²) in [5, 5.41) is 10.5. The molecule has 1 aliphatic heterocycles. The van der Waals surface area contributed by atoms with E-state index in [-0.39, 0.29) is 4.65 Å². The Balaban J connectivity index is 1.81. The number of fused-ring (bicyclic) bond motifs is 2. The van der Waals surface area contributed by atoms with Gasteiger partial charge in [0.25, 0.3) is 0 Å². The topological polar surface area (TPSA) is 20.2 Å². The van der Waals surface area contributed by atoms with Crippen molar-refractivity contribution in [3.05, 3.63) is 48.0 Å². The Morgan fingerprint density at radius 1 is 1.20 bits per heavy atom. The summed E-state index contributed by atoms with van der Waals surface area (Å²) >= 11 is 0. The third kappa shape index (κ3) is 1.50. The van der Waals surface area contributed by atoms with Crippen LogP contribution in [0.5, 0.6) is 0 Å². The smallest absolute Gasteiger partial charge is 0.138 e. The van der Waals surface area contributed by atoms with Crippen LogP contribution in [0.4, 0.5) is 0 Å². The van der Waals surface area contributed by atoms with Gasteiger partial charge in [-0.15, -0.1) is 0 Å². The molecule has 1 N–H and O–H groups in total. The summed E-state index contributed by atoms with van der Waals surface area (Å²) in [7, 11) is 0. The van der Waals surface area contributed by atoms with Crippen molar-refractivity contribution in [3.63, 3.8) is 0 Å². The van der Waals surface area contributed by atoms with Crippen LogP contribution in [0.3, 0.4) is 0 Å². The summed E-state index contributed by atoms with van der Waals surface area (Å²) < 4.78 is 0.213. The van der Waals surface area contributed by atoms with E-state index in [1.54, 1.807) is 0 Å². The average Bonchev–Trinajstić information content (AvgIpc) is 2.78. The molecule has 2 heteroatoms. The molecule has 2 nitrogen and oxygen atoms in total. The van der Waals surface area contributed by atoms with Crippen LogP contribution < -0.4 is 0 Å². The normalized spacial score (nSPS) is 37.4. The molecule has 3 atom stereocenters. The predicted octanol–water partition coefficient (Wildman–Crippen LogP) is 2.35. The van der Waals surface area contributed by atoms with Gasteiger partial charge in [-0.1, -0.05) is 36.4 Å². The number of likely N-dealkylation sites (tertiary alicyclic amines) is 1. The quantitative estimate of drug-likeness (QED) is 0.576. The Morgan fingerprint density at radius 3 is 2.60 bits per heavy atom. The minimum atomic E-state index is 0.213. The Bertz CT molecular complexity index is 387. The summed E-state index contributed by atoms with van der Waals surface area (Å²) in [6.07, 6.45) is 5.56. The van der Waals surface area contributed by atoms with Gasteiger partial charge in [0.1, 0.15) is 19.1 Å². The van der Waals surface area contributed by atoms with Gasteiger partial charge in [-0.05, 0) is 6.08 Å². The Morgan fingerprint density at radius 2 is 2.00 bits per heavy atom. The maximum Gasteiger partial charge on any atom is 0.138 e. The summed E-state index contributed by atoms with van der Waals surface area (Å²) in [5.74, 6) is 0.601. The maximum atomic E-state index is 10.5. The first kappa shape index (κ1) is 9.13. The molecule has 0 amide bonds. The Hall–Kier alpha value is -1.12. The minimum absolute atomic E-state index is 0.213. The molecule has 3 rings (SSSR count). The van der Waals surface area contributed by atoms with Gasteiger partial charge in [0.15, 0.2) is 0 Å². The second kappa shape index (κ2) is 3.19. The molecule has 2 bridgehead atoms. The Kier molecular flexibility index (Phi) is 1.94. The van der Waals surface area contributed by atoms with E-state index in [0.29, 0.717) is 12.0 Å². The van der Waals surface area contributed by atoms with E-state index in [2.05, 4.69) is 24.3 Å². The summed E-state index contributed by atoms with van der Waals surface area (Å²) in [4.78, 5) is 0. The van der Waals surface area contributed by atoms with E-state index < -0.39 is 0 Å². The number of hydroxylamine groups is 3. The van der Waals surface area contributed by atoms with Gasteiger partial charge >= 0.3 is 0 Å². The van der Waals surface area contributed by atoms with Gasteiger partial charge < -0.3 is 0 Å². The SMILES string of the molecule is O[N@+]1(Cc2ccccc2)C[C@H]2C=C[C@@H]1C2. The first-order valence-electron chi connectivity index (χ1n) is 5.58. The third-order valence-electron chi connectivity index (χ3n) is 3.62. The molecule has 0 spiro atoms. The highest BCUT2D eigenvalue weighted by atomic mass is 16.5. The standard InChI is InChI=1S/C13H16NO/c15-14(9-11-4-2-1-3-5-11)10-12-6-7-13(14)8-12/h1-7,12-13,15H,8-10H2/q+1/t12-,13+,14+/m0/s1. The molecule has 78 valence electrons. The van der Waals surface area contributed by atoms with Crippen molar-refractivity contribution in [2.45, 2.75) is 19.0 Å². The third-order valence-corrected chi connectivity index (χ3v) is 3.62. The molecule has 2 aliphatic rings. The molecule has 15 heavy (non-hydrogen) atoms. The highest BCUT2D eigenvalue weighted by Gasteiger charge is 2.48. The van der Waals surface area contributed by atoms with E-state index in [4.69, 9.17) is 0 Å². The summed E-state index contributed by atoms with van der Waals surface area (Å²) in [6, 6.07) is 10.6. The van der Waals surface area contributed by atoms with Gasteiger partial charge in [0, 0.05) is 17.9 Å². The van der Waals surface area contributed by atoms with Crippen molar-refractivity contribution in [1.82, 2.24) is 0 Å². The molecule has 0 unspecified atom stereocenters. The van der Waals surface area contributed by atoms with Crippen molar-refractivity contribution in [2.24, 2.45) is 5.92 Å². The lowest BCUT2D eigenvalue weighted by atomic mass is 10.1. The van der Waals surface area contributed by atoms with Gasteiger partial charge in [0.2, 0.25) is 0 Å². The fourth-order valence-electron chi connectivity index (χ4n) is 2.87. The van der Waals surface area contributed by atoms with E-state index >= 15 is 0 Å². The summed E-state index contributed by atoms with van der Waals surface area (Å²) in [6.45, 7) is 1.63. The molecular weight excluding hydrogens is 186 g/mol. The molecule has 0 aromatic heterocycles. The fraction of sp³-hybridized carbons (Fsp3) is 0.385. The first-order valence-corrected chi connectivity index (χ1v) is 5.58. The van der Waals surface area contributed by atoms with Crippen LogP contribution in [-0.2, 0) is 6.54 Å². The van der Waals surface area contributed by atoms with Gasteiger partial charge in [0.05, 0.1) is 0 Å². The van der Waals surface area contributed by atoms with Crippen molar-refractivity contribution >= 4 is 0 Å². The lowest BCUT2D eigenvalue weighted by Gasteiger charge is -2.31. The zero-order chi connectivity index (χ0) is 10.3. The number of quaternary nitrogens is 1. The lowest BCUT2D eigenvalue weighted by Crippen LogP contribution is -2.48. The van der Waals surface area contributed by atoms with Gasteiger partial charge in [-0.2, -0.15) is 4.65 Å². The largest absolute Gasteiger partial charge is 0.216 e. The zero-order valence-corrected chi connectivity index (χ0v) is 8.71. The number of hydrogen-bond donors (Lipinski definition) is 1. The molecule has 1 saturated heterocycles. The average molecular weight is 202 g/mol. The second-order valence-corrected chi connectivity index (χ2v) is 4.76. The lowest BCUT2D eigenvalue weighted by molar-refractivity contribution is -1.12. The van der Waals surface area contributed by atoms with E-state index in [0.717, 1.165) is 19.5 Å². The predicted molar refractivity (Wildman–Crippen MR) is 58.1 cm³/mol. The number of nitrogens with zero attached hydrogens (tertiary/aromatic N) is 1. The van der Waals surface area contributed by atoms with Crippen molar-refractivity contribution in [2.75, 3.05) is 6.54 Å². The molecule has 1 aliphatic carbocycles. The molecule has 1 aromatic carbocycles. The molecule has 1 fully saturated rings. The highest BCUT2D eigenvalue weighted by Crippen LogP contribution is 2.37. The van der Waals surface area contributed by atoms with Gasteiger partial charge in [-0.3, -0.25) is 0 Å². The fourth-order valence-corrected chi connectivity index (χ4v) is 2.87. The molecule has 1 aromatic rings. The number of benzene rings is 1. The summed E-state index contributed by atoms with van der Waals surface area (Å²) in [5.41, 5.74) is 1.22. The number of hydrogen-bond acceptors (Lipinski definition) is 1. The molecule has 0 radical (unpaired) electrons. The van der Waals surface area contributed by atoms with E-state index in [1.807, 2.05) is 18.2 Å². The zero-order valence-electron chi connectivity index (χ0n) is 8.71. The maximum absolute atomic E-state index is 10.5. The van der Waals surface area contributed by atoms with Crippen LogP contribution in [0.25, 0.3) is 0 Å². The van der Waals surface area contributed by atoms with Crippen LogP contribution in [0.2, 0.25) is 0 Å². The van der Waals surface area contributed by atoms with Crippen LogP contribution >= 0.6 is 0 Å². The van der Waals surface area contributed by atoms with Crippen molar-refractivity contribution in [1.29, 1.82) is 0 Å². The number of rotatable bonds is 2. The van der Waals surface area contributed by atoms with Crippen LogP contribution in [0.1, 0.15) is 12.0 Å². The van der Waals surface area contributed by atoms with E-state index in [1.165, 1.54) is 5.56 Å². The Labute approximate surface area is 90.0 Å². The van der Waals surface area contributed by atoms with Crippen LogP contribution in [-0.4, -0.2) is 22.4 Å². The molecule has 1 heterocycles. The first-order chi connectivity index (χ1) is 7.26. The highest BCUT2D eigenvalue weighted by molar-refractivity contribution is 5.14. The molecule has 0 saturated carbocycles. The van der Waals surface area contributed by atoms with Crippen molar-refractivity contribution in [3.8, 4) is 0 Å². The minimum Gasteiger partial charge on any atom is -0.216 e. The second-order valence-electron chi connectivity index (χ2n) is 4.76. The van der Waals surface area contributed by atoms with Crippen LogP contribution in [0.15, 0.2) is 42.5 Å². The van der Waals surface area contributed by atoms with Crippen molar-refractivity contribution < 1.29 is 9.85 Å². The molecular formula is C13H16NO+. The van der Waals surface area contributed by atoms with Crippen LogP contribution in [0, 0.1) is 5.92 Å². The monoisotopic (exact) mass is 202 g/mol. The van der Waals surface area contributed by atoms with Gasteiger partial charge in [-0.25, -0.2) is 5.21 Å². The van der Waals surface area contributed by atoms with E-state index in [9.17, 15) is 5.21 Å².